The summed E-state index contributed by atoms with van der Waals surface area (Å²) in [4.78, 5) is 5.25. The maximum atomic E-state index is 9.00. The molecular weight excluding hydrogens is 356 g/mol. The topological polar surface area (TPSA) is 54.6 Å². The van der Waals surface area contributed by atoms with Crippen LogP contribution in [0.2, 0.25) is 0 Å². The normalized spacial score (nSPS) is 10.0. The van der Waals surface area contributed by atoms with Crippen LogP contribution in [-0.4, -0.2) is 12.8 Å². The van der Waals surface area contributed by atoms with Gasteiger partial charge in [-0.3, -0.25) is 0 Å². The molecule has 0 aliphatic carbocycles. The Morgan fingerprint density at radius 1 is 1.26 bits per heavy atom. The van der Waals surface area contributed by atoms with Crippen molar-refractivity contribution in [2.24, 2.45) is 5.16 Å². The molecule has 0 aliphatic heterocycles. The van der Waals surface area contributed by atoms with E-state index in [0.29, 0.717) is 11.3 Å². The van der Waals surface area contributed by atoms with Gasteiger partial charge >= 0.3 is 0 Å². The van der Waals surface area contributed by atoms with Crippen molar-refractivity contribution in [1.29, 1.82) is 5.26 Å². The monoisotopic (exact) mass is 368 g/mol. The largest absolute Gasteiger partial charge is 0.480 e. The van der Waals surface area contributed by atoms with E-state index in [2.05, 4.69) is 33.1 Å². The summed E-state index contributed by atoms with van der Waals surface area (Å²) in [7, 11) is 0. The molecule has 0 aromatic heterocycles. The molecule has 0 N–H and O–H groups in total. The standard InChI is InChI=1S/C18H13BrN2O2/c1-2-9-22-18-8-7-14(10-17(18)19)12-21-23-13-16-6-4-3-5-15(16)11-20/h1,3-8,10,12H,9,13H2/b21-12-. The number of rotatable bonds is 6. The molecule has 5 heteroatoms. The van der Waals surface area contributed by atoms with Crippen LogP contribution in [0.3, 0.4) is 0 Å². The van der Waals surface area contributed by atoms with Crippen LogP contribution in [0.1, 0.15) is 16.7 Å². The van der Waals surface area contributed by atoms with E-state index < -0.39 is 0 Å². The first-order chi connectivity index (χ1) is 11.2. The lowest BCUT2D eigenvalue weighted by Crippen LogP contribution is -1.95. The molecule has 0 unspecified atom stereocenters. The van der Waals surface area contributed by atoms with Crippen LogP contribution in [-0.2, 0) is 11.4 Å². The van der Waals surface area contributed by atoms with E-state index in [1.807, 2.05) is 30.3 Å². The van der Waals surface area contributed by atoms with Crippen molar-refractivity contribution in [3.8, 4) is 24.2 Å². The molecule has 0 heterocycles. The minimum absolute atomic E-state index is 0.216. The van der Waals surface area contributed by atoms with Crippen molar-refractivity contribution in [1.82, 2.24) is 0 Å². The summed E-state index contributed by atoms with van der Waals surface area (Å²) in [5.41, 5.74) is 2.23. The summed E-state index contributed by atoms with van der Waals surface area (Å²) in [6.45, 7) is 0.457. The third-order valence-electron chi connectivity index (χ3n) is 2.90. The number of benzene rings is 2. The van der Waals surface area contributed by atoms with Crippen LogP contribution in [0.4, 0.5) is 0 Å². The molecule has 0 radical (unpaired) electrons. The third-order valence-corrected chi connectivity index (χ3v) is 3.52. The molecule has 0 amide bonds. The second-order valence-electron chi connectivity index (χ2n) is 4.46. The lowest BCUT2D eigenvalue weighted by atomic mass is 10.1. The van der Waals surface area contributed by atoms with E-state index in [1.54, 1.807) is 18.3 Å². The molecule has 2 aromatic carbocycles. The maximum absolute atomic E-state index is 9.00. The van der Waals surface area contributed by atoms with E-state index >= 15 is 0 Å². The zero-order valence-corrected chi connectivity index (χ0v) is 13.8. The van der Waals surface area contributed by atoms with Gasteiger partial charge in [-0.05, 0) is 45.8 Å². The van der Waals surface area contributed by atoms with Gasteiger partial charge in [0.05, 0.1) is 22.3 Å². The Bertz CT molecular complexity index is 788. The lowest BCUT2D eigenvalue weighted by Gasteiger charge is -2.05. The fourth-order valence-electron chi connectivity index (χ4n) is 1.79. The number of nitrogens with zero attached hydrogens (tertiary/aromatic N) is 2. The highest BCUT2D eigenvalue weighted by molar-refractivity contribution is 9.10. The Kier molecular flexibility index (Phi) is 6.23. The number of terminal acetylenes is 1. The zero-order valence-electron chi connectivity index (χ0n) is 12.2. The van der Waals surface area contributed by atoms with E-state index in [4.69, 9.17) is 21.3 Å². The molecule has 0 atom stereocenters. The maximum Gasteiger partial charge on any atom is 0.148 e. The highest BCUT2D eigenvalue weighted by atomic mass is 79.9. The summed E-state index contributed by atoms with van der Waals surface area (Å²) >= 11 is 3.41. The minimum Gasteiger partial charge on any atom is -0.480 e. The highest BCUT2D eigenvalue weighted by Gasteiger charge is 2.02. The van der Waals surface area contributed by atoms with Crippen molar-refractivity contribution in [3.05, 3.63) is 63.6 Å². The predicted molar refractivity (Wildman–Crippen MR) is 92.0 cm³/mol. The van der Waals surface area contributed by atoms with Gasteiger partial charge in [0, 0.05) is 5.56 Å². The summed E-state index contributed by atoms with van der Waals surface area (Å²) < 4.78 is 6.14. The number of hydrogen-bond acceptors (Lipinski definition) is 4. The van der Waals surface area contributed by atoms with Crippen molar-refractivity contribution in [2.75, 3.05) is 6.61 Å². The van der Waals surface area contributed by atoms with E-state index in [1.165, 1.54) is 0 Å². The summed E-state index contributed by atoms with van der Waals surface area (Å²) in [6, 6.07) is 14.9. The molecule has 0 saturated carbocycles. The van der Waals surface area contributed by atoms with Crippen LogP contribution in [0, 0.1) is 23.7 Å². The molecule has 4 nitrogen and oxygen atoms in total. The molecule has 0 aliphatic rings. The predicted octanol–water partition coefficient (Wildman–Crippen LogP) is 3.88. The Morgan fingerprint density at radius 2 is 2.09 bits per heavy atom. The van der Waals surface area contributed by atoms with Crippen LogP contribution < -0.4 is 4.74 Å². The van der Waals surface area contributed by atoms with Gasteiger partial charge in [-0.2, -0.15) is 5.26 Å². The highest BCUT2D eigenvalue weighted by Crippen LogP contribution is 2.25. The third kappa shape index (κ3) is 4.88. The van der Waals surface area contributed by atoms with Crippen LogP contribution in [0.15, 0.2) is 52.1 Å². The Balaban J connectivity index is 1.95. The fraction of sp³-hybridized carbons (Fsp3) is 0.111. The van der Waals surface area contributed by atoms with Gasteiger partial charge in [0.1, 0.15) is 19.0 Å². The first-order valence-electron chi connectivity index (χ1n) is 6.73. The zero-order chi connectivity index (χ0) is 16.5. The van der Waals surface area contributed by atoms with Crippen LogP contribution in [0.25, 0.3) is 0 Å². The van der Waals surface area contributed by atoms with E-state index in [-0.39, 0.29) is 13.2 Å². The second-order valence-corrected chi connectivity index (χ2v) is 5.31. The van der Waals surface area contributed by atoms with Gasteiger partial charge in [0.25, 0.3) is 0 Å². The molecule has 0 bridgehead atoms. The van der Waals surface area contributed by atoms with Gasteiger partial charge in [-0.25, -0.2) is 0 Å². The van der Waals surface area contributed by atoms with Crippen molar-refractivity contribution >= 4 is 22.1 Å². The molecule has 114 valence electrons. The Hall–Kier alpha value is -2.76. The number of halogens is 1. The molecule has 0 fully saturated rings. The van der Waals surface area contributed by atoms with Gasteiger partial charge in [0.15, 0.2) is 0 Å². The molecule has 0 spiro atoms. The lowest BCUT2D eigenvalue weighted by molar-refractivity contribution is 0.132. The van der Waals surface area contributed by atoms with E-state index in [9.17, 15) is 0 Å². The fourth-order valence-corrected chi connectivity index (χ4v) is 2.31. The quantitative estimate of drug-likeness (QED) is 0.441. The Labute approximate surface area is 143 Å². The van der Waals surface area contributed by atoms with Gasteiger partial charge in [0.2, 0.25) is 0 Å². The average molecular weight is 369 g/mol. The first kappa shape index (κ1) is 16.6. The van der Waals surface area contributed by atoms with E-state index in [0.717, 1.165) is 15.6 Å². The molecular formula is C18H13BrN2O2. The van der Waals surface area contributed by atoms with Crippen molar-refractivity contribution < 1.29 is 9.57 Å². The number of oxime groups is 1. The smallest absolute Gasteiger partial charge is 0.148 e. The van der Waals surface area contributed by atoms with Gasteiger partial charge in [-0.1, -0.05) is 29.3 Å². The molecule has 23 heavy (non-hydrogen) atoms. The second kappa shape index (κ2) is 8.63. The summed E-state index contributed by atoms with van der Waals surface area (Å²) in [6.07, 6.45) is 6.75. The number of hydrogen-bond donors (Lipinski definition) is 0. The van der Waals surface area contributed by atoms with Crippen molar-refractivity contribution in [2.45, 2.75) is 6.61 Å². The van der Waals surface area contributed by atoms with Crippen molar-refractivity contribution in [3.63, 3.8) is 0 Å². The SMILES string of the molecule is C#CCOc1ccc(/C=N\OCc2ccccc2C#N)cc1Br. The summed E-state index contributed by atoms with van der Waals surface area (Å²) in [5.74, 6) is 3.08. The van der Waals surface area contributed by atoms with Gasteiger partial charge < -0.3 is 9.57 Å². The average Bonchev–Trinajstić information content (AvgIpc) is 2.58. The van der Waals surface area contributed by atoms with Crippen LogP contribution in [0.5, 0.6) is 5.75 Å². The van der Waals surface area contributed by atoms with Crippen LogP contribution >= 0.6 is 15.9 Å². The van der Waals surface area contributed by atoms with Gasteiger partial charge in [-0.15, -0.1) is 6.42 Å². The summed E-state index contributed by atoms with van der Waals surface area (Å²) in [5, 5.41) is 12.9. The Morgan fingerprint density at radius 3 is 2.83 bits per heavy atom. The molecule has 2 rings (SSSR count). The molecule has 0 saturated heterocycles. The number of ether oxygens (including phenoxy) is 1. The number of nitriles is 1. The minimum atomic E-state index is 0.216. The molecule has 2 aromatic rings. The first-order valence-corrected chi connectivity index (χ1v) is 7.53.